The molecule has 0 unspecified atom stereocenters. The van der Waals surface area contributed by atoms with Crippen molar-refractivity contribution in [1.29, 1.82) is 0 Å². The van der Waals surface area contributed by atoms with E-state index in [1.165, 1.54) is 0 Å². The Bertz CT molecular complexity index is 962. The molecule has 1 aromatic carbocycles. The average Bonchev–Trinajstić information content (AvgIpc) is 3.27. The highest BCUT2D eigenvalue weighted by atomic mass is 35.5. The summed E-state index contributed by atoms with van der Waals surface area (Å²) in [6.45, 7) is 4.96. The minimum atomic E-state index is -0.0564. The summed E-state index contributed by atoms with van der Waals surface area (Å²) in [5, 5.41) is 4.90. The molecule has 0 N–H and O–H groups in total. The molecule has 3 heterocycles. The number of carbonyl (C=O) groups excluding carboxylic acids is 2. The van der Waals surface area contributed by atoms with Crippen LogP contribution in [0.15, 0.2) is 29.3 Å². The summed E-state index contributed by atoms with van der Waals surface area (Å²) in [5.41, 5.74) is 0.912. The van der Waals surface area contributed by atoms with Gasteiger partial charge in [-0.3, -0.25) is 9.80 Å². The third-order valence-corrected chi connectivity index (χ3v) is 7.20. The smallest absolute Gasteiger partial charge is 0.340 e. The van der Waals surface area contributed by atoms with Crippen LogP contribution >= 0.6 is 47.4 Å². The minimum Gasteiger partial charge on any atom is -0.340 e. The number of fused-ring (bicyclic) bond motifs is 1. The number of aryl methyl sites for hydroxylation is 1. The van der Waals surface area contributed by atoms with E-state index in [0.29, 0.717) is 55.0 Å². The van der Waals surface area contributed by atoms with Crippen LogP contribution in [0.4, 0.5) is 4.79 Å². The summed E-state index contributed by atoms with van der Waals surface area (Å²) in [6, 6.07) is 5.52. The van der Waals surface area contributed by atoms with Crippen molar-refractivity contribution in [3.8, 4) is 0 Å². The van der Waals surface area contributed by atoms with Crippen molar-refractivity contribution >= 4 is 59.3 Å². The van der Waals surface area contributed by atoms with E-state index >= 15 is 0 Å². The van der Waals surface area contributed by atoms with Crippen molar-refractivity contribution in [3.63, 3.8) is 0 Å². The SMILES string of the molecule is Cc1ncc2n1C(=O)N(N1CCN(C(=O)CCCSc3ccc(Cl)c(Cl)c3)CC1)C2.Cl. The van der Waals surface area contributed by atoms with Crippen molar-refractivity contribution in [2.75, 3.05) is 31.9 Å². The van der Waals surface area contributed by atoms with Crippen molar-refractivity contribution in [2.24, 2.45) is 0 Å². The van der Waals surface area contributed by atoms with Gasteiger partial charge in [-0.05, 0) is 37.3 Å². The van der Waals surface area contributed by atoms with E-state index in [0.717, 1.165) is 22.8 Å². The summed E-state index contributed by atoms with van der Waals surface area (Å²) in [6.07, 6.45) is 3.08. The lowest BCUT2D eigenvalue weighted by Gasteiger charge is -2.38. The van der Waals surface area contributed by atoms with Crippen LogP contribution in [0.5, 0.6) is 0 Å². The third-order valence-electron chi connectivity index (χ3n) is 5.38. The third kappa shape index (κ3) is 5.31. The number of halogens is 3. The second-order valence-electron chi connectivity index (χ2n) is 7.33. The van der Waals surface area contributed by atoms with E-state index in [9.17, 15) is 9.59 Å². The van der Waals surface area contributed by atoms with Crippen molar-refractivity contribution in [1.82, 2.24) is 24.5 Å². The summed E-state index contributed by atoms with van der Waals surface area (Å²) in [4.78, 5) is 32.3. The number of hydrogen-bond acceptors (Lipinski definition) is 5. The van der Waals surface area contributed by atoms with Gasteiger partial charge >= 0.3 is 6.03 Å². The summed E-state index contributed by atoms with van der Waals surface area (Å²) in [7, 11) is 0. The first-order chi connectivity index (χ1) is 14.4. The number of hydrazine groups is 1. The topological polar surface area (TPSA) is 61.7 Å². The van der Waals surface area contributed by atoms with Gasteiger partial charge in [0.2, 0.25) is 5.91 Å². The Hall–Kier alpha value is -1.45. The molecule has 0 saturated carbocycles. The quantitative estimate of drug-likeness (QED) is 0.433. The number of imidazole rings is 1. The van der Waals surface area contributed by atoms with Crippen LogP contribution in [0.3, 0.4) is 0 Å². The average molecular weight is 505 g/mol. The summed E-state index contributed by atoms with van der Waals surface area (Å²) < 4.78 is 1.66. The van der Waals surface area contributed by atoms with Gasteiger partial charge in [0, 0.05) is 37.5 Å². The number of rotatable bonds is 6. The second kappa shape index (κ2) is 10.4. The predicted molar refractivity (Wildman–Crippen MR) is 125 cm³/mol. The van der Waals surface area contributed by atoms with Gasteiger partial charge < -0.3 is 4.90 Å². The van der Waals surface area contributed by atoms with Crippen LogP contribution in [-0.2, 0) is 11.3 Å². The number of carbonyl (C=O) groups is 2. The lowest BCUT2D eigenvalue weighted by Crippen LogP contribution is -2.55. The Morgan fingerprint density at radius 1 is 1.16 bits per heavy atom. The molecule has 0 spiro atoms. The van der Waals surface area contributed by atoms with E-state index in [4.69, 9.17) is 23.2 Å². The van der Waals surface area contributed by atoms with E-state index in [2.05, 4.69) is 4.98 Å². The zero-order valence-corrected chi connectivity index (χ0v) is 20.2. The summed E-state index contributed by atoms with van der Waals surface area (Å²) in [5.74, 6) is 1.73. The van der Waals surface area contributed by atoms with Gasteiger partial charge in [0.05, 0.1) is 28.5 Å². The molecule has 0 atom stereocenters. The van der Waals surface area contributed by atoms with Crippen LogP contribution in [0.25, 0.3) is 0 Å². The Kier molecular flexibility index (Phi) is 8.15. The molecule has 2 aliphatic rings. The maximum atomic E-state index is 12.6. The Labute approximate surface area is 202 Å². The van der Waals surface area contributed by atoms with E-state index in [1.54, 1.807) is 33.6 Å². The fourth-order valence-electron chi connectivity index (χ4n) is 3.75. The van der Waals surface area contributed by atoms with E-state index in [1.807, 2.05) is 29.0 Å². The lowest BCUT2D eigenvalue weighted by molar-refractivity contribution is -0.135. The van der Waals surface area contributed by atoms with Crippen LogP contribution in [0, 0.1) is 6.92 Å². The molecule has 2 aliphatic heterocycles. The molecular formula is C20H24Cl3N5O2S. The number of aromatic nitrogens is 2. The molecule has 31 heavy (non-hydrogen) atoms. The van der Waals surface area contributed by atoms with Gasteiger partial charge in [-0.25, -0.2) is 19.4 Å². The van der Waals surface area contributed by atoms with Crippen LogP contribution in [0.1, 0.15) is 24.4 Å². The van der Waals surface area contributed by atoms with Crippen LogP contribution in [-0.4, -0.2) is 68.3 Å². The normalized spacial score (nSPS) is 16.4. The number of piperazine rings is 1. The van der Waals surface area contributed by atoms with Gasteiger partial charge in [0.25, 0.3) is 0 Å². The fraction of sp³-hybridized carbons (Fsp3) is 0.450. The van der Waals surface area contributed by atoms with Crippen molar-refractivity contribution in [2.45, 2.75) is 31.2 Å². The Morgan fingerprint density at radius 3 is 2.58 bits per heavy atom. The highest BCUT2D eigenvalue weighted by Gasteiger charge is 2.35. The molecule has 7 nitrogen and oxygen atoms in total. The molecule has 1 saturated heterocycles. The molecule has 0 bridgehead atoms. The lowest BCUT2D eigenvalue weighted by atomic mass is 10.2. The van der Waals surface area contributed by atoms with Gasteiger partial charge in [-0.1, -0.05) is 23.2 Å². The number of benzene rings is 1. The molecule has 1 fully saturated rings. The zero-order valence-electron chi connectivity index (χ0n) is 17.1. The van der Waals surface area contributed by atoms with Crippen molar-refractivity contribution < 1.29 is 9.59 Å². The van der Waals surface area contributed by atoms with Crippen LogP contribution < -0.4 is 0 Å². The number of nitrogens with zero attached hydrogens (tertiary/aromatic N) is 5. The maximum absolute atomic E-state index is 12.6. The standard InChI is InChI=1S/C20H23Cl2N5O2S.ClH/c1-14-23-12-15-13-26(20(29)27(14)15)25-8-6-24(7-9-25)19(28)3-2-10-30-16-4-5-17(21)18(22)11-16;/h4-5,11-12H,2-3,6-10,13H2,1H3;1H. The van der Waals surface area contributed by atoms with E-state index in [-0.39, 0.29) is 24.3 Å². The summed E-state index contributed by atoms with van der Waals surface area (Å²) >= 11 is 13.6. The van der Waals surface area contributed by atoms with Gasteiger partial charge in [0.15, 0.2) is 0 Å². The Morgan fingerprint density at radius 2 is 1.90 bits per heavy atom. The zero-order chi connectivity index (χ0) is 21.3. The number of hydrogen-bond donors (Lipinski definition) is 0. The molecular weight excluding hydrogens is 481 g/mol. The highest BCUT2D eigenvalue weighted by Crippen LogP contribution is 2.28. The fourth-order valence-corrected chi connectivity index (χ4v) is 5.00. The van der Waals surface area contributed by atoms with Gasteiger partial charge in [-0.2, -0.15) is 0 Å². The van der Waals surface area contributed by atoms with Crippen LogP contribution in [0.2, 0.25) is 10.0 Å². The first-order valence-electron chi connectivity index (χ1n) is 9.89. The maximum Gasteiger partial charge on any atom is 0.344 e. The highest BCUT2D eigenvalue weighted by molar-refractivity contribution is 7.99. The first kappa shape index (κ1) is 24.2. The molecule has 168 valence electrons. The monoisotopic (exact) mass is 503 g/mol. The molecule has 0 aliphatic carbocycles. The Balaban J connectivity index is 0.00000272. The second-order valence-corrected chi connectivity index (χ2v) is 9.32. The molecule has 2 aromatic rings. The minimum absolute atomic E-state index is 0. The molecule has 0 radical (unpaired) electrons. The van der Waals surface area contributed by atoms with Gasteiger partial charge in [0.1, 0.15) is 5.82 Å². The number of thioether (sulfide) groups is 1. The van der Waals surface area contributed by atoms with Gasteiger partial charge in [-0.15, -0.1) is 24.2 Å². The molecule has 2 amide bonds. The number of amides is 2. The molecule has 1 aromatic heterocycles. The first-order valence-corrected chi connectivity index (χ1v) is 11.6. The van der Waals surface area contributed by atoms with Crippen molar-refractivity contribution in [3.05, 3.63) is 46.0 Å². The van der Waals surface area contributed by atoms with E-state index < -0.39 is 0 Å². The largest absolute Gasteiger partial charge is 0.344 e. The molecule has 11 heteroatoms. The predicted octanol–water partition coefficient (Wildman–Crippen LogP) is 4.34. The molecule has 4 rings (SSSR count).